The molecule has 1 N–H and O–H groups in total. The Labute approximate surface area is 191 Å². The largest absolute Gasteiger partial charge is 0.326 e. The SMILES string of the molecule is Cc1c(C#N)c(NC(=O)CSc2nnc(C3CC3)n2C2CC2)n(Cc2ccccc2)c1C. The van der Waals surface area contributed by atoms with Crippen molar-refractivity contribution < 1.29 is 4.79 Å². The number of rotatable bonds is 8. The summed E-state index contributed by atoms with van der Waals surface area (Å²) in [5.74, 6) is 2.28. The second kappa shape index (κ2) is 8.47. The Morgan fingerprint density at radius 1 is 1.19 bits per heavy atom. The average Bonchev–Trinajstić information content (AvgIpc) is 3.74. The summed E-state index contributed by atoms with van der Waals surface area (Å²) in [6.45, 7) is 4.51. The van der Waals surface area contributed by atoms with Crippen LogP contribution < -0.4 is 5.32 Å². The predicted octanol–water partition coefficient (Wildman–Crippen LogP) is 4.56. The first-order valence-corrected chi connectivity index (χ1v) is 12.1. The van der Waals surface area contributed by atoms with Crippen LogP contribution >= 0.6 is 11.8 Å². The first-order valence-electron chi connectivity index (χ1n) is 11.1. The zero-order valence-electron chi connectivity index (χ0n) is 18.3. The van der Waals surface area contributed by atoms with Crippen molar-refractivity contribution in [3.8, 4) is 6.07 Å². The molecule has 2 aliphatic rings. The van der Waals surface area contributed by atoms with Crippen molar-refractivity contribution in [2.45, 2.75) is 63.2 Å². The molecule has 2 heterocycles. The van der Waals surface area contributed by atoms with Gasteiger partial charge in [-0.05, 0) is 50.7 Å². The van der Waals surface area contributed by atoms with Crippen molar-refractivity contribution in [2.24, 2.45) is 0 Å². The molecule has 7 nitrogen and oxygen atoms in total. The van der Waals surface area contributed by atoms with Crippen molar-refractivity contribution in [3.05, 3.63) is 58.5 Å². The van der Waals surface area contributed by atoms with E-state index in [2.05, 4.69) is 26.2 Å². The summed E-state index contributed by atoms with van der Waals surface area (Å²) < 4.78 is 4.27. The van der Waals surface area contributed by atoms with E-state index in [-0.39, 0.29) is 11.7 Å². The van der Waals surface area contributed by atoms with Crippen molar-refractivity contribution in [3.63, 3.8) is 0 Å². The second-order valence-corrected chi connectivity index (χ2v) is 9.61. The molecule has 2 fully saturated rings. The van der Waals surface area contributed by atoms with Gasteiger partial charge in [0.1, 0.15) is 17.7 Å². The third-order valence-corrected chi connectivity index (χ3v) is 7.20. The number of hydrogen-bond acceptors (Lipinski definition) is 5. The van der Waals surface area contributed by atoms with E-state index in [0.717, 1.165) is 40.6 Å². The fourth-order valence-electron chi connectivity index (χ4n) is 4.07. The van der Waals surface area contributed by atoms with E-state index in [4.69, 9.17) is 0 Å². The Bertz CT molecular complexity index is 1200. The summed E-state index contributed by atoms with van der Waals surface area (Å²) >= 11 is 1.43. The van der Waals surface area contributed by atoms with Gasteiger partial charge >= 0.3 is 0 Å². The molecule has 0 atom stereocenters. The molecule has 1 amide bonds. The highest BCUT2D eigenvalue weighted by Crippen LogP contribution is 2.46. The van der Waals surface area contributed by atoms with E-state index in [1.54, 1.807) is 0 Å². The molecule has 0 aliphatic heterocycles. The minimum Gasteiger partial charge on any atom is -0.326 e. The molecule has 5 rings (SSSR count). The van der Waals surface area contributed by atoms with Gasteiger partial charge in [0.15, 0.2) is 5.16 Å². The summed E-state index contributed by atoms with van der Waals surface area (Å²) in [5, 5.41) is 22.4. The Hall–Kier alpha value is -3.05. The average molecular weight is 447 g/mol. The van der Waals surface area contributed by atoms with Gasteiger partial charge in [-0.3, -0.25) is 4.79 Å². The third-order valence-electron chi connectivity index (χ3n) is 6.26. The molecule has 32 heavy (non-hydrogen) atoms. The summed E-state index contributed by atoms with van der Waals surface area (Å²) in [6.07, 6.45) is 4.69. The molecule has 2 saturated carbocycles. The van der Waals surface area contributed by atoms with Crippen LogP contribution in [0, 0.1) is 25.2 Å². The van der Waals surface area contributed by atoms with Crippen molar-refractivity contribution in [1.29, 1.82) is 5.26 Å². The predicted molar refractivity (Wildman–Crippen MR) is 124 cm³/mol. The molecule has 0 spiro atoms. The molecule has 1 aromatic carbocycles. The van der Waals surface area contributed by atoms with E-state index in [9.17, 15) is 10.1 Å². The van der Waals surface area contributed by atoms with E-state index < -0.39 is 0 Å². The van der Waals surface area contributed by atoms with Crippen molar-refractivity contribution in [2.75, 3.05) is 11.1 Å². The fourth-order valence-corrected chi connectivity index (χ4v) is 4.89. The number of benzene rings is 1. The molecule has 164 valence electrons. The van der Waals surface area contributed by atoms with Crippen LogP contribution in [0.3, 0.4) is 0 Å². The fraction of sp³-hybridized carbons (Fsp3) is 0.417. The highest BCUT2D eigenvalue weighted by atomic mass is 32.2. The number of hydrogen-bond donors (Lipinski definition) is 1. The van der Waals surface area contributed by atoms with Gasteiger partial charge in [0.25, 0.3) is 0 Å². The lowest BCUT2D eigenvalue weighted by Crippen LogP contribution is -2.19. The number of nitriles is 1. The van der Waals surface area contributed by atoms with E-state index in [1.807, 2.05) is 48.7 Å². The van der Waals surface area contributed by atoms with Gasteiger partial charge in [0.2, 0.25) is 5.91 Å². The summed E-state index contributed by atoms with van der Waals surface area (Å²) in [5.41, 5.74) is 3.52. The zero-order chi connectivity index (χ0) is 22.2. The lowest BCUT2D eigenvalue weighted by atomic mass is 10.2. The number of carbonyl (C=O) groups is 1. The van der Waals surface area contributed by atoms with Gasteiger partial charge in [0.05, 0.1) is 11.3 Å². The first-order chi connectivity index (χ1) is 15.6. The van der Waals surface area contributed by atoms with Crippen LogP contribution in [0.4, 0.5) is 5.82 Å². The van der Waals surface area contributed by atoms with E-state index >= 15 is 0 Å². The van der Waals surface area contributed by atoms with Crippen LogP contribution in [0.5, 0.6) is 0 Å². The number of thioether (sulfide) groups is 1. The number of nitrogens with one attached hydrogen (secondary N) is 1. The third kappa shape index (κ3) is 4.05. The minimum absolute atomic E-state index is 0.142. The maximum absolute atomic E-state index is 12.9. The second-order valence-electron chi connectivity index (χ2n) is 8.67. The number of aromatic nitrogens is 4. The van der Waals surface area contributed by atoms with E-state index in [0.29, 0.717) is 29.9 Å². The smallest absolute Gasteiger partial charge is 0.235 e. The highest BCUT2D eigenvalue weighted by Gasteiger charge is 2.36. The first kappa shape index (κ1) is 20.8. The Kier molecular flexibility index (Phi) is 5.51. The van der Waals surface area contributed by atoms with Crippen LogP contribution in [0.15, 0.2) is 35.5 Å². The summed E-state index contributed by atoms with van der Waals surface area (Å²) in [4.78, 5) is 12.9. The summed E-state index contributed by atoms with van der Waals surface area (Å²) in [6, 6.07) is 12.8. The number of carbonyl (C=O) groups excluding carboxylic acids is 1. The normalized spacial score (nSPS) is 15.5. The maximum Gasteiger partial charge on any atom is 0.235 e. The molecule has 3 aromatic rings. The Balaban J connectivity index is 1.33. The molecule has 8 heteroatoms. The molecule has 0 bridgehead atoms. The van der Waals surface area contributed by atoms with Gasteiger partial charge in [-0.1, -0.05) is 42.1 Å². The van der Waals surface area contributed by atoms with Gasteiger partial charge in [-0.25, -0.2) is 0 Å². The van der Waals surface area contributed by atoms with Crippen LogP contribution in [-0.2, 0) is 11.3 Å². The van der Waals surface area contributed by atoms with Crippen molar-refractivity contribution in [1.82, 2.24) is 19.3 Å². The molecular formula is C24H26N6OS. The molecule has 0 radical (unpaired) electrons. The lowest BCUT2D eigenvalue weighted by Gasteiger charge is -2.13. The molecule has 2 aliphatic carbocycles. The molecule has 2 aromatic heterocycles. The zero-order valence-corrected chi connectivity index (χ0v) is 19.2. The van der Waals surface area contributed by atoms with Gasteiger partial charge in [-0.15, -0.1) is 10.2 Å². The van der Waals surface area contributed by atoms with Crippen LogP contribution in [0.1, 0.15) is 65.9 Å². The standard InChI is InChI=1S/C24H26N6OS/c1-15-16(2)29(13-17-6-4-3-5-7-17)23(20(15)12-25)26-21(31)14-32-24-28-27-22(18-8-9-18)30(24)19-10-11-19/h3-7,18-19H,8-11,13-14H2,1-2H3,(H,26,31). The Morgan fingerprint density at radius 2 is 1.94 bits per heavy atom. The van der Waals surface area contributed by atoms with Gasteiger partial charge in [0, 0.05) is 24.2 Å². The van der Waals surface area contributed by atoms with Gasteiger partial charge < -0.3 is 14.5 Å². The topological polar surface area (TPSA) is 88.5 Å². The van der Waals surface area contributed by atoms with Crippen LogP contribution in [0.2, 0.25) is 0 Å². The number of anilines is 1. The monoisotopic (exact) mass is 446 g/mol. The lowest BCUT2D eigenvalue weighted by molar-refractivity contribution is -0.113. The number of nitrogens with zero attached hydrogens (tertiary/aromatic N) is 5. The number of amides is 1. The molecule has 0 unspecified atom stereocenters. The van der Waals surface area contributed by atoms with Crippen LogP contribution in [-0.4, -0.2) is 31.0 Å². The quantitative estimate of drug-likeness (QED) is 0.513. The van der Waals surface area contributed by atoms with Crippen molar-refractivity contribution >= 4 is 23.5 Å². The Morgan fingerprint density at radius 3 is 2.59 bits per heavy atom. The maximum atomic E-state index is 12.9. The molecular weight excluding hydrogens is 420 g/mol. The van der Waals surface area contributed by atoms with Crippen LogP contribution in [0.25, 0.3) is 0 Å². The van der Waals surface area contributed by atoms with Gasteiger partial charge in [-0.2, -0.15) is 5.26 Å². The molecule has 0 saturated heterocycles. The highest BCUT2D eigenvalue weighted by molar-refractivity contribution is 7.99. The summed E-state index contributed by atoms with van der Waals surface area (Å²) in [7, 11) is 0. The minimum atomic E-state index is -0.142. The van der Waals surface area contributed by atoms with E-state index in [1.165, 1.54) is 24.6 Å².